The van der Waals surface area contributed by atoms with Gasteiger partial charge in [-0.2, -0.15) is 0 Å². The summed E-state index contributed by atoms with van der Waals surface area (Å²) < 4.78 is 48.3. The Hall–Kier alpha value is -1.64. The molecule has 0 saturated heterocycles. The van der Waals surface area contributed by atoms with Crippen molar-refractivity contribution in [3.63, 3.8) is 0 Å². The summed E-state index contributed by atoms with van der Waals surface area (Å²) in [6.45, 7) is 1.62. The smallest absolute Gasteiger partial charge is 0.238 e. The molecule has 2 rings (SSSR count). The summed E-state index contributed by atoms with van der Waals surface area (Å²) in [5.74, 6) is -0.139. The van der Waals surface area contributed by atoms with Crippen LogP contribution in [0.2, 0.25) is 0 Å². The standard InChI is InChI=1S/C19H20BrF2NO3S/c1-12-9-13(5-8-18(12)27(23,25)26)10-17(24)15-6-7-16(20)14(11-15)3-2-4-19(21)22/h5-9,11,19H,2-4,10H2,1H3,(H2,23,25,26). The first kappa shape index (κ1) is 21.7. The molecule has 0 aromatic heterocycles. The number of rotatable bonds is 8. The average Bonchev–Trinajstić information content (AvgIpc) is 2.55. The Kier molecular flexibility index (Phi) is 7.25. The zero-order valence-electron chi connectivity index (χ0n) is 14.7. The second-order valence-corrected chi connectivity index (χ2v) is 8.72. The maximum absolute atomic E-state index is 12.6. The number of Topliss-reactive ketones (excluding diaryl/α,β-unsaturated/α-hetero) is 1. The molecule has 0 aliphatic heterocycles. The lowest BCUT2D eigenvalue weighted by Gasteiger charge is -2.09. The molecule has 8 heteroatoms. The van der Waals surface area contributed by atoms with Gasteiger partial charge in [0.25, 0.3) is 0 Å². The molecule has 0 amide bonds. The van der Waals surface area contributed by atoms with E-state index in [1.54, 1.807) is 37.3 Å². The SMILES string of the molecule is Cc1cc(CC(=O)c2ccc(Br)c(CCCC(F)F)c2)ccc1S(N)(=O)=O. The number of halogens is 3. The summed E-state index contributed by atoms with van der Waals surface area (Å²) >= 11 is 3.38. The zero-order chi connectivity index (χ0) is 20.2. The van der Waals surface area contributed by atoms with Crippen LogP contribution in [0.3, 0.4) is 0 Å². The second-order valence-electron chi connectivity index (χ2n) is 6.33. The van der Waals surface area contributed by atoms with E-state index in [1.165, 1.54) is 6.07 Å². The summed E-state index contributed by atoms with van der Waals surface area (Å²) in [7, 11) is -3.80. The Morgan fingerprint density at radius 2 is 1.89 bits per heavy atom. The molecule has 2 aromatic rings. The van der Waals surface area contributed by atoms with Gasteiger partial charge in [0, 0.05) is 22.9 Å². The molecule has 0 unspecified atom stereocenters. The van der Waals surface area contributed by atoms with Gasteiger partial charge in [-0.25, -0.2) is 22.3 Å². The number of sulfonamides is 1. The summed E-state index contributed by atoms with van der Waals surface area (Å²) in [6.07, 6.45) is -1.63. The normalized spacial score (nSPS) is 11.8. The third kappa shape index (κ3) is 6.19. The average molecular weight is 460 g/mol. The van der Waals surface area contributed by atoms with Crippen LogP contribution in [-0.4, -0.2) is 20.6 Å². The van der Waals surface area contributed by atoms with Gasteiger partial charge in [0.1, 0.15) is 0 Å². The molecule has 0 heterocycles. The van der Waals surface area contributed by atoms with E-state index in [4.69, 9.17) is 5.14 Å². The van der Waals surface area contributed by atoms with Gasteiger partial charge in [0.05, 0.1) is 4.90 Å². The third-order valence-corrected chi connectivity index (χ3v) is 5.99. The monoisotopic (exact) mass is 459 g/mol. The van der Waals surface area contributed by atoms with E-state index in [2.05, 4.69) is 15.9 Å². The van der Waals surface area contributed by atoms with E-state index in [9.17, 15) is 22.0 Å². The molecule has 0 atom stereocenters. The van der Waals surface area contributed by atoms with Crippen LogP contribution in [0.5, 0.6) is 0 Å². The number of ketones is 1. The van der Waals surface area contributed by atoms with Gasteiger partial charge in [-0.05, 0) is 54.7 Å². The van der Waals surface area contributed by atoms with Crippen molar-refractivity contribution in [3.05, 3.63) is 63.1 Å². The molecule has 0 saturated carbocycles. The number of carbonyl (C=O) groups excluding carboxylic acids is 1. The Bertz CT molecular complexity index is 946. The molecule has 0 bridgehead atoms. The van der Waals surface area contributed by atoms with Crippen LogP contribution in [0.25, 0.3) is 0 Å². The van der Waals surface area contributed by atoms with Crippen molar-refractivity contribution < 1.29 is 22.0 Å². The molecule has 0 radical (unpaired) electrons. The number of hydrogen-bond donors (Lipinski definition) is 1. The van der Waals surface area contributed by atoms with E-state index < -0.39 is 16.4 Å². The summed E-state index contributed by atoms with van der Waals surface area (Å²) in [6, 6.07) is 9.70. The zero-order valence-corrected chi connectivity index (χ0v) is 17.1. The van der Waals surface area contributed by atoms with Crippen LogP contribution in [-0.2, 0) is 22.9 Å². The fraction of sp³-hybridized carbons (Fsp3) is 0.316. The number of hydrogen-bond acceptors (Lipinski definition) is 3. The van der Waals surface area contributed by atoms with Gasteiger partial charge < -0.3 is 0 Å². The van der Waals surface area contributed by atoms with Gasteiger partial charge in [-0.3, -0.25) is 4.79 Å². The Morgan fingerprint density at radius 3 is 2.48 bits per heavy atom. The van der Waals surface area contributed by atoms with Gasteiger partial charge in [0.15, 0.2) is 5.78 Å². The first-order valence-electron chi connectivity index (χ1n) is 8.30. The molecule has 2 N–H and O–H groups in total. The first-order chi connectivity index (χ1) is 12.6. The highest BCUT2D eigenvalue weighted by atomic mass is 79.9. The van der Waals surface area contributed by atoms with Crippen molar-refractivity contribution in [1.29, 1.82) is 0 Å². The van der Waals surface area contributed by atoms with Crippen molar-refractivity contribution >= 4 is 31.7 Å². The lowest BCUT2D eigenvalue weighted by Crippen LogP contribution is -2.14. The van der Waals surface area contributed by atoms with Crippen LogP contribution in [0, 0.1) is 6.92 Å². The van der Waals surface area contributed by atoms with Crippen molar-refractivity contribution in [2.75, 3.05) is 0 Å². The molecule has 0 fully saturated rings. The second kappa shape index (κ2) is 9.03. The van der Waals surface area contributed by atoms with E-state index in [-0.39, 0.29) is 23.5 Å². The molecular weight excluding hydrogens is 440 g/mol. The Morgan fingerprint density at radius 1 is 1.19 bits per heavy atom. The molecule has 4 nitrogen and oxygen atoms in total. The predicted octanol–water partition coefficient (Wildman–Crippen LogP) is 4.42. The molecule has 0 aliphatic carbocycles. The highest BCUT2D eigenvalue weighted by Gasteiger charge is 2.14. The fourth-order valence-electron chi connectivity index (χ4n) is 2.81. The van der Waals surface area contributed by atoms with Crippen molar-refractivity contribution in [2.45, 2.75) is 43.9 Å². The van der Waals surface area contributed by atoms with E-state index in [0.29, 0.717) is 29.5 Å². The lowest BCUT2D eigenvalue weighted by molar-refractivity contribution is 0.0992. The summed E-state index contributed by atoms with van der Waals surface area (Å²) in [5.41, 5.74) is 2.44. The van der Waals surface area contributed by atoms with Crippen LogP contribution >= 0.6 is 15.9 Å². The van der Waals surface area contributed by atoms with Crippen molar-refractivity contribution in [2.24, 2.45) is 5.14 Å². The number of primary sulfonamides is 1. The van der Waals surface area contributed by atoms with Crippen molar-refractivity contribution in [3.8, 4) is 0 Å². The maximum Gasteiger partial charge on any atom is 0.238 e. The third-order valence-electron chi connectivity index (χ3n) is 4.15. The number of benzene rings is 2. The summed E-state index contributed by atoms with van der Waals surface area (Å²) in [5, 5.41) is 5.14. The van der Waals surface area contributed by atoms with Gasteiger partial charge in [0.2, 0.25) is 16.4 Å². The maximum atomic E-state index is 12.6. The Labute approximate surface area is 166 Å². The van der Waals surface area contributed by atoms with Crippen LogP contribution in [0.4, 0.5) is 8.78 Å². The fourth-order valence-corrected chi connectivity index (χ4v) is 4.03. The van der Waals surface area contributed by atoms with E-state index >= 15 is 0 Å². The topological polar surface area (TPSA) is 77.2 Å². The van der Waals surface area contributed by atoms with Crippen LogP contribution in [0.1, 0.15) is 39.9 Å². The quantitative estimate of drug-likeness (QED) is 0.593. The van der Waals surface area contributed by atoms with Gasteiger partial charge in [-0.1, -0.05) is 34.1 Å². The van der Waals surface area contributed by atoms with Crippen LogP contribution in [0.15, 0.2) is 45.8 Å². The molecule has 2 aromatic carbocycles. The van der Waals surface area contributed by atoms with E-state index in [0.717, 1.165) is 10.0 Å². The highest BCUT2D eigenvalue weighted by Crippen LogP contribution is 2.23. The molecule has 0 spiro atoms. The number of nitrogens with two attached hydrogens (primary N) is 1. The van der Waals surface area contributed by atoms with Crippen LogP contribution < -0.4 is 5.14 Å². The minimum absolute atomic E-state index is 0.0312. The minimum atomic E-state index is -3.80. The number of aryl methyl sites for hydroxylation is 2. The Balaban J connectivity index is 2.15. The number of alkyl halides is 2. The van der Waals surface area contributed by atoms with Crippen molar-refractivity contribution in [1.82, 2.24) is 0 Å². The molecular formula is C19H20BrF2NO3S. The number of carbonyl (C=O) groups is 1. The predicted molar refractivity (Wildman–Crippen MR) is 104 cm³/mol. The molecule has 27 heavy (non-hydrogen) atoms. The summed E-state index contributed by atoms with van der Waals surface area (Å²) in [4.78, 5) is 12.6. The highest BCUT2D eigenvalue weighted by molar-refractivity contribution is 9.10. The van der Waals surface area contributed by atoms with E-state index in [1.807, 2.05) is 0 Å². The minimum Gasteiger partial charge on any atom is -0.294 e. The lowest BCUT2D eigenvalue weighted by atomic mass is 9.98. The molecule has 146 valence electrons. The molecule has 0 aliphatic rings. The largest absolute Gasteiger partial charge is 0.294 e. The van der Waals surface area contributed by atoms with Gasteiger partial charge >= 0.3 is 0 Å². The first-order valence-corrected chi connectivity index (χ1v) is 10.6. The van der Waals surface area contributed by atoms with Gasteiger partial charge in [-0.15, -0.1) is 0 Å².